The van der Waals surface area contributed by atoms with Crippen LogP contribution in [0.1, 0.15) is 31.2 Å². The highest BCUT2D eigenvalue weighted by Gasteiger charge is 2.22. The minimum Gasteiger partial charge on any atom is -0.392 e. The number of aliphatic hydroxyl groups is 1. The largest absolute Gasteiger partial charge is 0.392 e. The first-order valence-electron chi connectivity index (χ1n) is 9.22. The van der Waals surface area contributed by atoms with Crippen LogP contribution in [0.2, 0.25) is 5.02 Å². The molecule has 28 heavy (non-hydrogen) atoms. The number of aromatic nitrogens is 2. The van der Waals surface area contributed by atoms with Crippen molar-refractivity contribution in [3.8, 4) is 11.1 Å². The van der Waals surface area contributed by atoms with Gasteiger partial charge in [0.2, 0.25) is 0 Å². The number of piperidine rings is 1. The monoisotopic (exact) mass is 461 g/mol. The Morgan fingerprint density at radius 3 is 2.82 bits per heavy atom. The molecule has 1 saturated heterocycles. The molecule has 1 aliphatic rings. The summed E-state index contributed by atoms with van der Waals surface area (Å²) in [7, 11) is 0. The first-order valence-corrected chi connectivity index (χ1v) is 10.5. The quantitative estimate of drug-likeness (QED) is 0.529. The van der Waals surface area contributed by atoms with Crippen molar-refractivity contribution in [1.29, 1.82) is 0 Å². The summed E-state index contributed by atoms with van der Waals surface area (Å²) in [6.45, 7) is 4.03. The number of hydrogen-bond donors (Lipinski definition) is 2. The number of imidazole rings is 1. The number of thiophene rings is 1. The van der Waals surface area contributed by atoms with Gasteiger partial charge in [-0.25, -0.2) is 4.98 Å². The lowest BCUT2D eigenvalue weighted by Crippen LogP contribution is -2.44. The van der Waals surface area contributed by atoms with E-state index in [-0.39, 0.29) is 37.0 Å². The van der Waals surface area contributed by atoms with E-state index in [0.717, 1.165) is 60.4 Å². The molecule has 0 spiro atoms. The smallest absolute Gasteiger partial charge is 0.0958 e. The lowest BCUT2D eigenvalue weighted by molar-refractivity contribution is 0.0909. The highest BCUT2D eigenvalue weighted by Crippen LogP contribution is 2.35. The number of aryl methyl sites for hydroxylation is 2. The fourth-order valence-electron chi connectivity index (χ4n) is 3.90. The van der Waals surface area contributed by atoms with Crippen LogP contribution in [0.5, 0.6) is 0 Å². The van der Waals surface area contributed by atoms with Crippen LogP contribution in [-0.4, -0.2) is 33.3 Å². The van der Waals surface area contributed by atoms with Gasteiger partial charge in [0.05, 0.1) is 23.5 Å². The van der Waals surface area contributed by atoms with Crippen LogP contribution < -0.4 is 5.32 Å². The molecule has 0 aliphatic carbocycles. The third-order valence-electron chi connectivity index (χ3n) is 5.29. The molecule has 1 aromatic carbocycles. The molecule has 2 aromatic heterocycles. The second-order valence-corrected chi connectivity index (χ2v) is 8.32. The summed E-state index contributed by atoms with van der Waals surface area (Å²) in [4.78, 5) is 4.58. The summed E-state index contributed by atoms with van der Waals surface area (Å²) in [5, 5.41) is 18.6. The van der Waals surface area contributed by atoms with Gasteiger partial charge in [-0.05, 0) is 73.2 Å². The van der Waals surface area contributed by atoms with Crippen LogP contribution >= 0.6 is 47.8 Å². The van der Waals surface area contributed by atoms with E-state index >= 15 is 0 Å². The Hall–Kier alpha value is -0.820. The van der Waals surface area contributed by atoms with E-state index in [0.29, 0.717) is 0 Å². The van der Waals surface area contributed by atoms with E-state index in [9.17, 15) is 5.11 Å². The molecular weight excluding hydrogens is 437 g/mol. The topological polar surface area (TPSA) is 50.1 Å². The standard InChI is InChI=1S/C20H24ClN3OS.2ClH/c1-13-10-26-11-16(13)15-8-14(21)9-18-20(15)24(12-23-18)7-3-4-17-19(25)5-2-6-22-17;;/h8-12,17,19,22,25H,2-7H2,1H3;2*1H/t17-,19+;;/m1../s1. The minimum absolute atomic E-state index is 0. The number of hydrogen-bond acceptors (Lipinski definition) is 4. The summed E-state index contributed by atoms with van der Waals surface area (Å²) < 4.78 is 2.23. The Bertz CT molecular complexity index is 911. The van der Waals surface area contributed by atoms with E-state index in [1.807, 2.05) is 18.5 Å². The van der Waals surface area contributed by atoms with Gasteiger partial charge in [0, 0.05) is 23.2 Å². The molecule has 0 radical (unpaired) electrons. The van der Waals surface area contributed by atoms with Gasteiger partial charge >= 0.3 is 0 Å². The predicted octanol–water partition coefficient (Wildman–Crippen LogP) is 5.46. The molecule has 0 amide bonds. The van der Waals surface area contributed by atoms with Gasteiger partial charge in [-0.1, -0.05) is 11.6 Å². The first kappa shape index (κ1) is 23.5. The summed E-state index contributed by atoms with van der Waals surface area (Å²) in [6.07, 6.45) is 5.65. The molecule has 2 N–H and O–H groups in total. The third-order valence-corrected chi connectivity index (χ3v) is 6.37. The van der Waals surface area contributed by atoms with Crippen molar-refractivity contribution in [2.24, 2.45) is 0 Å². The summed E-state index contributed by atoms with van der Waals surface area (Å²) in [5.41, 5.74) is 5.73. The number of rotatable bonds is 5. The van der Waals surface area contributed by atoms with Crippen LogP contribution in [0.3, 0.4) is 0 Å². The third kappa shape index (κ3) is 4.84. The van der Waals surface area contributed by atoms with Gasteiger partial charge in [-0.15, -0.1) is 24.8 Å². The first-order chi connectivity index (χ1) is 12.6. The van der Waals surface area contributed by atoms with Crippen LogP contribution in [-0.2, 0) is 6.54 Å². The molecule has 0 saturated carbocycles. The molecule has 4 rings (SSSR count). The van der Waals surface area contributed by atoms with Crippen molar-refractivity contribution in [2.75, 3.05) is 6.54 Å². The summed E-state index contributed by atoms with van der Waals surface area (Å²) in [6, 6.07) is 4.20. The Kier molecular flexibility index (Phi) is 8.61. The van der Waals surface area contributed by atoms with Gasteiger partial charge in [-0.3, -0.25) is 0 Å². The predicted molar refractivity (Wildman–Crippen MR) is 124 cm³/mol. The Balaban J connectivity index is 0.00000140. The van der Waals surface area contributed by atoms with E-state index in [2.05, 4.69) is 32.6 Å². The molecule has 1 fully saturated rings. The molecule has 3 heterocycles. The number of aliphatic hydroxyl groups excluding tert-OH is 1. The normalized spacial score (nSPS) is 19.2. The van der Waals surface area contributed by atoms with E-state index in [1.54, 1.807) is 11.3 Å². The van der Waals surface area contributed by atoms with Crippen LogP contribution in [0, 0.1) is 6.92 Å². The molecule has 4 nitrogen and oxygen atoms in total. The Morgan fingerprint density at radius 2 is 2.11 bits per heavy atom. The maximum absolute atomic E-state index is 10.1. The van der Waals surface area contributed by atoms with E-state index in [1.165, 1.54) is 11.1 Å². The van der Waals surface area contributed by atoms with E-state index in [4.69, 9.17) is 11.6 Å². The molecule has 154 valence electrons. The fourth-order valence-corrected chi connectivity index (χ4v) is 4.96. The highest BCUT2D eigenvalue weighted by molar-refractivity contribution is 7.08. The average Bonchev–Trinajstić information content (AvgIpc) is 3.22. The van der Waals surface area contributed by atoms with Gasteiger partial charge < -0.3 is 15.0 Å². The average molecular weight is 463 g/mol. The van der Waals surface area contributed by atoms with Crippen molar-refractivity contribution in [1.82, 2.24) is 14.9 Å². The SMILES string of the molecule is Cc1cscc1-c1cc(Cl)cc2ncn(CCC[C@H]3NCCC[C@@H]3O)c12.Cl.Cl. The van der Waals surface area contributed by atoms with Crippen molar-refractivity contribution in [3.05, 3.63) is 39.8 Å². The lowest BCUT2D eigenvalue weighted by Gasteiger charge is -2.29. The second-order valence-electron chi connectivity index (χ2n) is 7.14. The molecule has 8 heteroatoms. The van der Waals surface area contributed by atoms with E-state index < -0.39 is 0 Å². The number of halogens is 3. The summed E-state index contributed by atoms with van der Waals surface area (Å²) >= 11 is 8.05. The zero-order chi connectivity index (χ0) is 18.1. The van der Waals surface area contributed by atoms with Crippen molar-refractivity contribution < 1.29 is 5.11 Å². The molecule has 3 aromatic rings. The minimum atomic E-state index is -0.217. The Labute approximate surface area is 187 Å². The Morgan fingerprint density at radius 1 is 1.29 bits per heavy atom. The van der Waals surface area contributed by atoms with Crippen LogP contribution in [0.4, 0.5) is 0 Å². The van der Waals surface area contributed by atoms with Gasteiger partial charge in [0.15, 0.2) is 0 Å². The molecule has 1 aliphatic heterocycles. The fraction of sp³-hybridized carbons (Fsp3) is 0.450. The van der Waals surface area contributed by atoms with Crippen LogP contribution in [0.25, 0.3) is 22.2 Å². The molecular formula is C20H26Cl3N3OS. The second kappa shape index (κ2) is 10.3. The van der Waals surface area contributed by atoms with Crippen LogP contribution in [0.15, 0.2) is 29.2 Å². The molecule has 0 bridgehead atoms. The zero-order valence-electron chi connectivity index (χ0n) is 15.7. The van der Waals surface area contributed by atoms with Crippen molar-refractivity contribution >= 4 is 58.8 Å². The number of nitrogens with zero attached hydrogens (tertiary/aromatic N) is 2. The number of benzene rings is 1. The summed E-state index contributed by atoms with van der Waals surface area (Å²) in [5.74, 6) is 0. The van der Waals surface area contributed by atoms with Gasteiger partial charge in [0.1, 0.15) is 0 Å². The number of fused-ring (bicyclic) bond motifs is 1. The van der Waals surface area contributed by atoms with Gasteiger partial charge in [0.25, 0.3) is 0 Å². The van der Waals surface area contributed by atoms with Crippen molar-refractivity contribution in [2.45, 2.75) is 51.3 Å². The lowest BCUT2D eigenvalue weighted by atomic mass is 9.97. The number of nitrogens with one attached hydrogen (secondary N) is 1. The molecule has 0 unspecified atom stereocenters. The van der Waals surface area contributed by atoms with Gasteiger partial charge in [-0.2, -0.15) is 11.3 Å². The maximum Gasteiger partial charge on any atom is 0.0958 e. The van der Waals surface area contributed by atoms with Crippen molar-refractivity contribution in [3.63, 3.8) is 0 Å². The maximum atomic E-state index is 10.1. The molecule has 2 atom stereocenters. The zero-order valence-corrected chi connectivity index (χ0v) is 18.9. The highest BCUT2D eigenvalue weighted by atomic mass is 35.5.